The maximum atomic E-state index is 11.1. The maximum Gasteiger partial charge on any atom is 0.358 e. The first-order chi connectivity index (χ1) is 9.06. The molecule has 0 atom stereocenters. The van der Waals surface area contributed by atoms with Crippen molar-refractivity contribution in [2.24, 2.45) is 0 Å². The van der Waals surface area contributed by atoms with Crippen molar-refractivity contribution in [1.82, 2.24) is 4.98 Å². The Balaban J connectivity index is 2.56. The largest absolute Gasteiger partial charge is 0.493 e. The van der Waals surface area contributed by atoms with Gasteiger partial charge in [0.05, 0.1) is 14.2 Å². The first-order valence-electron chi connectivity index (χ1n) is 5.28. The summed E-state index contributed by atoms with van der Waals surface area (Å²) in [5.41, 5.74) is 5.62. The Morgan fingerprint density at radius 1 is 1.32 bits per heavy atom. The van der Waals surface area contributed by atoms with Gasteiger partial charge in [-0.3, -0.25) is 0 Å². The Bertz CT molecular complexity index is 621. The van der Waals surface area contributed by atoms with Crippen LogP contribution in [0.1, 0.15) is 10.5 Å². The zero-order valence-corrected chi connectivity index (χ0v) is 10.3. The SMILES string of the molecule is COc1ccc(-c2oc(N)nc2C(=O)O)cc1OC. The number of rotatable bonds is 4. The first-order valence-corrected chi connectivity index (χ1v) is 5.28. The Kier molecular flexibility index (Phi) is 3.28. The number of anilines is 1. The summed E-state index contributed by atoms with van der Waals surface area (Å²) in [7, 11) is 2.99. The lowest BCUT2D eigenvalue weighted by Gasteiger charge is -2.08. The number of oxazole rings is 1. The molecule has 3 N–H and O–H groups in total. The number of benzene rings is 1. The quantitative estimate of drug-likeness (QED) is 0.864. The van der Waals surface area contributed by atoms with Crippen molar-refractivity contribution in [3.05, 3.63) is 23.9 Å². The van der Waals surface area contributed by atoms with E-state index < -0.39 is 5.97 Å². The summed E-state index contributed by atoms with van der Waals surface area (Å²) in [5, 5.41) is 9.03. The van der Waals surface area contributed by atoms with Crippen LogP contribution in [0.5, 0.6) is 11.5 Å². The van der Waals surface area contributed by atoms with Crippen LogP contribution in [0, 0.1) is 0 Å². The molecule has 1 aromatic heterocycles. The van der Waals surface area contributed by atoms with Gasteiger partial charge in [-0.15, -0.1) is 0 Å². The van der Waals surface area contributed by atoms with Crippen LogP contribution in [0.25, 0.3) is 11.3 Å². The maximum absolute atomic E-state index is 11.1. The molecular weight excluding hydrogens is 252 g/mol. The van der Waals surface area contributed by atoms with Crippen LogP contribution >= 0.6 is 0 Å². The number of nitrogens with zero attached hydrogens (tertiary/aromatic N) is 1. The highest BCUT2D eigenvalue weighted by Crippen LogP contribution is 2.34. The molecule has 19 heavy (non-hydrogen) atoms. The topological polar surface area (TPSA) is 108 Å². The van der Waals surface area contributed by atoms with Gasteiger partial charge in [-0.2, -0.15) is 4.98 Å². The van der Waals surface area contributed by atoms with Gasteiger partial charge in [0, 0.05) is 5.56 Å². The van der Waals surface area contributed by atoms with Gasteiger partial charge in [-0.1, -0.05) is 0 Å². The van der Waals surface area contributed by atoms with Gasteiger partial charge in [0.2, 0.25) is 0 Å². The smallest absolute Gasteiger partial charge is 0.358 e. The van der Waals surface area contributed by atoms with Crippen LogP contribution < -0.4 is 15.2 Å². The molecule has 1 aromatic carbocycles. The van der Waals surface area contributed by atoms with E-state index in [0.717, 1.165) is 0 Å². The second kappa shape index (κ2) is 4.89. The molecule has 0 aliphatic rings. The van der Waals surface area contributed by atoms with Gasteiger partial charge in [0.1, 0.15) is 0 Å². The second-order valence-corrected chi connectivity index (χ2v) is 3.60. The lowest BCUT2D eigenvalue weighted by atomic mass is 10.1. The number of carboxylic acid groups (broad SMARTS) is 1. The van der Waals surface area contributed by atoms with Gasteiger partial charge in [0.25, 0.3) is 6.01 Å². The van der Waals surface area contributed by atoms with Crippen molar-refractivity contribution >= 4 is 12.0 Å². The van der Waals surface area contributed by atoms with E-state index >= 15 is 0 Å². The highest BCUT2D eigenvalue weighted by Gasteiger charge is 2.21. The molecule has 2 aromatic rings. The summed E-state index contributed by atoms with van der Waals surface area (Å²) in [4.78, 5) is 14.7. The van der Waals surface area contributed by atoms with Crippen molar-refractivity contribution in [2.45, 2.75) is 0 Å². The van der Waals surface area contributed by atoms with E-state index in [1.165, 1.54) is 14.2 Å². The number of hydrogen-bond acceptors (Lipinski definition) is 6. The van der Waals surface area contributed by atoms with Gasteiger partial charge in [-0.05, 0) is 18.2 Å². The minimum Gasteiger partial charge on any atom is -0.493 e. The minimum atomic E-state index is -1.22. The normalized spacial score (nSPS) is 10.2. The monoisotopic (exact) mass is 264 g/mol. The molecule has 0 aliphatic carbocycles. The third-order valence-corrected chi connectivity index (χ3v) is 2.49. The number of hydrogen-bond donors (Lipinski definition) is 2. The van der Waals surface area contributed by atoms with Crippen LogP contribution in [0.4, 0.5) is 6.01 Å². The summed E-state index contributed by atoms with van der Waals surface area (Å²) in [6.45, 7) is 0. The average molecular weight is 264 g/mol. The lowest BCUT2D eigenvalue weighted by molar-refractivity contribution is 0.0691. The Morgan fingerprint density at radius 3 is 2.58 bits per heavy atom. The fourth-order valence-corrected chi connectivity index (χ4v) is 1.65. The van der Waals surface area contributed by atoms with Gasteiger partial charge in [0.15, 0.2) is 23.0 Å². The molecule has 0 bridgehead atoms. The molecule has 0 aliphatic heterocycles. The fraction of sp³-hybridized carbons (Fsp3) is 0.167. The molecule has 0 fully saturated rings. The number of methoxy groups -OCH3 is 2. The summed E-state index contributed by atoms with van der Waals surface area (Å²) in [5.74, 6) is -0.168. The molecule has 0 unspecified atom stereocenters. The number of carboxylic acids is 1. The Labute approximate surface area is 108 Å². The predicted molar refractivity (Wildman–Crippen MR) is 66.4 cm³/mol. The molecule has 7 nitrogen and oxygen atoms in total. The number of nitrogen functional groups attached to an aromatic ring is 1. The average Bonchev–Trinajstić information content (AvgIpc) is 2.80. The van der Waals surface area contributed by atoms with Crippen LogP contribution in [0.15, 0.2) is 22.6 Å². The van der Waals surface area contributed by atoms with E-state index in [-0.39, 0.29) is 17.5 Å². The van der Waals surface area contributed by atoms with Crippen molar-refractivity contribution in [3.63, 3.8) is 0 Å². The number of nitrogens with two attached hydrogens (primary N) is 1. The lowest BCUT2D eigenvalue weighted by Crippen LogP contribution is -1.99. The van der Waals surface area contributed by atoms with Crippen LogP contribution in [-0.2, 0) is 0 Å². The summed E-state index contributed by atoms with van der Waals surface area (Å²) in [6.07, 6.45) is 0. The van der Waals surface area contributed by atoms with Crippen LogP contribution in [0.3, 0.4) is 0 Å². The molecule has 0 amide bonds. The highest BCUT2D eigenvalue weighted by atomic mass is 16.5. The Hall–Kier alpha value is -2.70. The first kappa shape index (κ1) is 12.7. The van der Waals surface area contributed by atoms with E-state index in [2.05, 4.69) is 4.98 Å². The van der Waals surface area contributed by atoms with Crippen molar-refractivity contribution in [1.29, 1.82) is 0 Å². The van der Waals surface area contributed by atoms with E-state index in [0.29, 0.717) is 17.1 Å². The van der Waals surface area contributed by atoms with E-state index in [4.69, 9.17) is 24.7 Å². The Morgan fingerprint density at radius 2 is 2.00 bits per heavy atom. The molecule has 0 saturated carbocycles. The number of aromatic nitrogens is 1. The molecular formula is C12H12N2O5. The summed E-state index contributed by atoms with van der Waals surface area (Å²) < 4.78 is 15.4. The predicted octanol–water partition coefficient (Wildman–Crippen LogP) is 1.64. The van der Waals surface area contributed by atoms with E-state index in [1.807, 2.05) is 0 Å². The van der Waals surface area contributed by atoms with Gasteiger partial charge >= 0.3 is 5.97 Å². The molecule has 0 saturated heterocycles. The summed E-state index contributed by atoms with van der Waals surface area (Å²) in [6, 6.07) is 4.65. The van der Waals surface area contributed by atoms with Crippen molar-refractivity contribution < 1.29 is 23.8 Å². The van der Waals surface area contributed by atoms with Crippen LogP contribution in [-0.4, -0.2) is 30.3 Å². The second-order valence-electron chi connectivity index (χ2n) is 3.60. The minimum absolute atomic E-state index is 0.0750. The van der Waals surface area contributed by atoms with E-state index in [9.17, 15) is 4.79 Å². The molecule has 100 valence electrons. The number of aromatic carboxylic acids is 1. The molecule has 1 heterocycles. The standard InChI is InChI=1S/C12H12N2O5/c1-17-7-4-3-6(5-8(7)18-2)10-9(11(15)16)14-12(13)19-10/h3-5H,1-2H3,(H2,13,14)(H,15,16). The molecule has 0 radical (unpaired) electrons. The van der Waals surface area contributed by atoms with Crippen LogP contribution in [0.2, 0.25) is 0 Å². The molecule has 0 spiro atoms. The van der Waals surface area contributed by atoms with E-state index in [1.54, 1.807) is 18.2 Å². The number of carbonyl (C=O) groups is 1. The fourth-order valence-electron chi connectivity index (χ4n) is 1.65. The molecule has 2 rings (SSSR count). The van der Waals surface area contributed by atoms with Gasteiger partial charge in [-0.25, -0.2) is 4.79 Å². The highest BCUT2D eigenvalue weighted by molar-refractivity contribution is 5.92. The zero-order valence-electron chi connectivity index (χ0n) is 10.3. The third kappa shape index (κ3) is 2.30. The third-order valence-electron chi connectivity index (χ3n) is 2.49. The van der Waals surface area contributed by atoms with Crippen molar-refractivity contribution in [2.75, 3.05) is 20.0 Å². The summed E-state index contributed by atoms with van der Waals surface area (Å²) >= 11 is 0. The number of ether oxygens (including phenoxy) is 2. The van der Waals surface area contributed by atoms with Crippen molar-refractivity contribution in [3.8, 4) is 22.8 Å². The zero-order chi connectivity index (χ0) is 14.0. The molecule has 7 heteroatoms. The van der Waals surface area contributed by atoms with Gasteiger partial charge < -0.3 is 24.7 Å².